The molecule has 1 aromatic heterocycles. The first-order valence-corrected chi connectivity index (χ1v) is 8.03. The maximum Gasteiger partial charge on any atom is 0.179 e. The molecular formula is C20H20N2O. The van der Waals surface area contributed by atoms with Crippen molar-refractivity contribution < 1.29 is 4.79 Å². The largest absolute Gasteiger partial charge is 0.356 e. The number of aryl methyl sites for hydroxylation is 2. The highest BCUT2D eigenvalue weighted by molar-refractivity contribution is 6.11. The first-order chi connectivity index (χ1) is 11.1. The second-order valence-corrected chi connectivity index (χ2v) is 6.54. The van der Waals surface area contributed by atoms with E-state index in [2.05, 4.69) is 48.0 Å². The summed E-state index contributed by atoms with van der Waals surface area (Å²) >= 11 is 0. The smallest absolute Gasteiger partial charge is 0.179 e. The van der Waals surface area contributed by atoms with Crippen molar-refractivity contribution in [2.24, 2.45) is 0 Å². The van der Waals surface area contributed by atoms with E-state index in [1.165, 1.54) is 16.7 Å². The standard InChI is InChI=1S/C20H20N2O/c1-13-8-14(2)20-16(9-13)19-17(21-20)11-22(12-18(19)23)10-15-6-4-3-5-7-15/h3-9,21H,10-12H2,1-2H3. The van der Waals surface area contributed by atoms with Crippen LogP contribution in [-0.2, 0) is 13.1 Å². The molecule has 4 rings (SSSR count). The second-order valence-electron chi connectivity index (χ2n) is 6.54. The molecule has 0 bridgehead atoms. The third-order valence-electron chi connectivity index (χ3n) is 4.60. The SMILES string of the molecule is Cc1cc(C)c2[nH]c3c(c2c1)C(=O)CN(Cc1ccccc1)C3. The number of carbonyl (C=O) groups excluding carboxylic acids is 1. The Balaban J connectivity index is 1.72. The molecule has 0 saturated carbocycles. The van der Waals surface area contributed by atoms with Crippen molar-refractivity contribution in [3.05, 3.63) is 70.4 Å². The van der Waals surface area contributed by atoms with Gasteiger partial charge in [0.05, 0.1) is 6.54 Å². The Kier molecular flexibility index (Phi) is 3.31. The zero-order valence-corrected chi connectivity index (χ0v) is 13.5. The highest BCUT2D eigenvalue weighted by Crippen LogP contribution is 2.30. The third-order valence-corrected chi connectivity index (χ3v) is 4.60. The number of aromatic nitrogens is 1. The van der Waals surface area contributed by atoms with Gasteiger partial charge in [0.15, 0.2) is 5.78 Å². The highest BCUT2D eigenvalue weighted by atomic mass is 16.1. The van der Waals surface area contributed by atoms with Crippen LogP contribution in [0.1, 0.15) is 32.7 Å². The van der Waals surface area contributed by atoms with E-state index >= 15 is 0 Å². The number of hydrogen-bond acceptors (Lipinski definition) is 2. The molecule has 0 atom stereocenters. The van der Waals surface area contributed by atoms with E-state index in [1.807, 2.05) is 18.2 Å². The summed E-state index contributed by atoms with van der Waals surface area (Å²) in [4.78, 5) is 18.4. The van der Waals surface area contributed by atoms with Gasteiger partial charge < -0.3 is 4.98 Å². The fourth-order valence-electron chi connectivity index (χ4n) is 3.66. The van der Waals surface area contributed by atoms with Crippen LogP contribution in [0.4, 0.5) is 0 Å². The van der Waals surface area contributed by atoms with Gasteiger partial charge in [0.2, 0.25) is 0 Å². The zero-order valence-electron chi connectivity index (χ0n) is 13.5. The number of ketones is 1. The predicted molar refractivity (Wildman–Crippen MR) is 92.7 cm³/mol. The molecule has 0 saturated heterocycles. The number of fused-ring (bicyclic) bond motifs is 3. The van der Waals surface area contributed by atoms with E-state index in [0.717, 1.165) is 35.2 Å². The Morgan fingerprint density at radius 2 is 1.87 bits per heavy atom. The van der Waals surface area contributed by atoms with Crippen molar-refractivity contribution in [1.29, 1.82) is 0 Å². The van der Waals surface area contributed by atoms with E-state index in [0.29, 0.717) is 6.54 Å². The molecule has 0 fully saturated rings. The number of carbonyl (C=O) groups is 1. The lowest BCUT2D eigenvalue weighted by molar-refractivity contribution is 0.0895. The van der Waals surface area contributed by atoms with Crippen LogP contribution in [0.3, 0.4) is 0 Å². The molecule has 3 nitrogen and oxygen atoms in total. The first-order valence-electron chi connectivity index (χ1n) is 8.03. The van der Waals surface area contributed by atoms with Crippen molar-refractivity contribution >= 4 is 16.7 Å². The Morgan fingerprint density at radius 3 is 2.65 bits per heavy atom. The molecule has 0 aliphatic carbocycles. The normalized spacial score (nSPS) is 15.1. The van der Waals surface area contributed by atoms with Gasteiger partial charge >= 0.3 is 0 Å². The fraction of sp³-hybridized carbons (Fsp3) is 0.250. The average molecular weight is 304 g/mol. The van der Waals surface area contributed by atoms with Crippen LogP contribution in [0.2, 0.25) is 0 Å². The minimum Gasteiger partial charge on any atom is -0.356 e. The van der Waals surface area contributed by atoms with Crippen LogP contribution >= 0.6 is 0 Å². The number of nitrogens with zero attached hydrogens (tertiary/aromatic N) is 1. The predicted octanol–water partition coefficient (Wildman–Crippen LogP) is 3.98. The van der Waals surface area contributed by atoms with Crippen molar-refractivity contribution in [3.8, 4) is 0 Å². The number of aromatic amines is 1. The topological polar surface area (TPSA) is 36.1 Å². The number of H-pyrrole nitrogens is 1. The van der Waals surface area contributed by atoms with Gasteiger partial charge in [-0.15, -0.1) is 0 Å². The van der Waals surface area contributed by atoms with Crippen molar-refractivity contribution in [2.75, 3.05) is 6.54 Å². The van der Waals surface area contributed by atoms with E-state index < -0.39 is 0 Å². The Labute approximate surface area is 135 Å². The van der Waals surface area contributed by atoms with Gasteiger partial charge in [-0.25, -0.2) is 0 Å². The summed E-state index contributed by atoms with van der Waals surface area (Å²) < 4.78 is 0. The molecule has 116 valence electrons. The summed E-state index contributed by atoms with van der Waals surface area (Å²) in [6.07, 6.45) is 0. The summed E-state index contributed by atoms with van der Waals surface area (Å²) in [6, 6.07) is 14.6. The molecule has 2 aromatic carbocycles. The van der Waals surface area contributed by atoms with E-state index in [4.69, 9.17) is 0 Å². The lowest BCUT2D eigenvalue weighted by Gasteiger charge is -2.25. The molecule has 0 amide bonds. The van der Waals surface area contributed by atoms with Crippen LogP contribution in [-0.4, -0.2) is 22.2 Å². The summed E-state index contributed by atoms with van der Waals surface area (Å²) in [5.74, 6) is 0.221. The Morgan fingerprint density at radius 1 is 1.09 bits per heavy atom. The lowest BCUT2D eigenvalue weighted by atomic mass is 9.99. The molecule has 3 heteroatoms. The van der Waals surface area contributed by atoms with Gasteiger partial charge in [-0.2, -0.15) is 0 Å². The van der Waals surface area contributed by atoms with E-state index in [-0.39, 0.29) is 5.78 Å². The molecule has 1 aliphatic rings. The highest BCUT2D eigenvalue weighted by Gasteiger charge is 2.27. The summed E-state index contributed by atoms with van der Waals surface area (Å²) in [5, 5.41) is 1.09. The Bertz CT molecular complexity index is 893. The monoisotopic (exact) mass is 304 g/mol. The molecule has 1 aliphatic heterocycles. The van der Waals surface area contributed by atoms with E-state index in [9.17, 15) is 4.79 Å². The van der Waals surface area contributed by atoms with Gasteiger partial charge in [0.1, 0.15) is 0 Å². The van der Waals surface area contributed by atoms with Gasteiger partial charge in [-0.1, -0.05) is 42.0 Å². The molecule has 3 aromatic rings. The van der Waals surface area contributed by atoms with Crippen molar-refractivity contribution in [1.82, 2.24) is 9.88 Å². The molecule has 1 N–H and O–H groups in total. The van der Waals surface area contributed by atoms with Crippen LogP contribution in [0.15, 0.2) is 42.5 Å². The number of Topliss-reactive ketones (excluding diaryl/α,β-unsaturated/α-hetero) is 1. The quantitative estimate of drug-likeness (QED) is 0.777. The van der Waals surface area contributed by atoms with Crippen LogP contribution < -0.4 is 0 Å². The van der Waals surface area contributed by atoms with Gasteiger partial charge in [-0.05, 0) is 31.0 Å². The molecule has 23 heavy (non-hydrogen) atoms. The van der Waals surface area contributed by atoms with Gasteiger partial charge in [-0.3, -0.25) is 9.69 Å². The summed E-state index contributed by atoms with van der Waals surface area (Å²) in [6.45, 7) is 6.27. The average Bonchev–Trinajstić information content (AvgIpc) is 2.87. The second kappa shape index (κ2) is 5.36. The summed E-state index contributed by atoms with van der Waals surface area (Å²) in [5.41, 5.74) is 6.72. The fourth-order valence-corrected chi connectivity index (χ4v) is 3.66. The van der Waals surface area contributed by atoms with Gasteiger partial charge in [0, 0.05) is 35.2 Å². The van der Waals surface area contributed by atoms with Crippen LogP contribution in [0.5, 0.6) is 0 Å². The molecule has 0 radical (unpaired) electrons. The lowest BCUT2D eigenvalue weighted by Crippen LogP contribution is -2.34. The van der Waals surface area contributed by atoms with Crippen LogP contribution in [0, 0.1) is 13.8 Å². The van der Waals surface area contributed by atoms with Gasteiger partial charge in [0.25, 0.3) is 0 Å². The minimum absolute atomic E-state index is 0.221. The molecule has 2 heterocycles. The number of benzene rings is 2. The molecule has 0 unspecified atom stereocenters. The minimum atomic E-state index is 0.221. The van der Waals surface area contributed by atoms with Crippen LogP contribution in [0.25, 0.3) is 10.9 Å². The van der Waals surface area contributed by atoms with E-state index in [1.54, 1.807) is 0 Å². The molecular weight excluding hydrogens is 284 g/mol. The number of hydrogen-bond donors (Lipinski definition) is 1. The summed E-state index contributed by atoms with van der Waals surface area (Å²) in [7, 11) is 0. The van der Waals surface area contributed by atoms with Crippen molar-refractivity contribution in [2.45, 2.75) is 26.9 Å². The van der Waals surface area contributed by atoms with Crippen molar-refractivity contribution in [3.63, 3.8) is 0 Å². The Hall–Kier alpha value is -2.39. The maximum absolute atomic E-state index is 12.7. The first kappa shape index (κ1) is 14.2. The number of nitrogens with one attached hydrogen (secondary N) is 1. The molecule has 0 spiro atoms. The number of rotatable bonds is 2. The third kappa shape index (κ3) is 2.47. The maximum atomic E-state index is 12.7. The zero-order chi connectivity index (χ0) is 16.0.